The van der Waals surface area contributed by atoms with E-state index in [-0.39, 0.29) is 12.2 Å². The molecular weight excluding hydrogens is 567 g/mol. The number of aryl methyl sites for hydroxylation is 2. The van der Waals surface area contributed by atoms with Gasteiger partial charge in [0, 0.05) is 21.2 Å². The van der Waals surface area contributed by atoms with Crippen molar-refractivity contribution in [3.8, 4) is 11.8 Å². The topological polar surface area (TPSA) is 88.4 Å². The van der Waals surface area contributed by atoms with Crippen LogP contribution in [0.4, 0.5) is 5.69 Å². The molecule has 7 heteroatoms. The molecule has 0 heterocycles. The van der Waals surface area contributed by atoms with Crippen molar-refractivity contribution < 1.29 is 19.1 Å². The summed E-state index contributed by atoms with van der Waals surface area (Å²) in [4.78, 5) is 24.6. The van der Waals surface area contributed by atoms with Crippen molar-refractivity contribution in [1.29, 1.82) is 5.26 Å². The summed E-state index contributed by atoms with van der Waals surface area (Å²) in [5.74, 6) is -0.285. The van der Waals surface area contributed by atoms with Crippen molar-refractivity contribution in [3.05, 3.63) is 97.1 Å². The quantitative estimate of drug-likeness (QED) is 0.145. The number of hydrogen-bond donors (Lipinski definition) is 1. The van der Waals surface area contributed by atoms with Gasteiger partial charge < -0.3 is 14.8 Å². The number of esters is 1. The Hall–Kier alpha value is -3.64. The lowest BCUT2D eigenvalue weighted by Crippen LogP contribution is -2.13. The maximum absolute atomic E-state index is 12.8. The number of rotatable bonds is 8. The molecule has 0 aromatic heterocycles. The molecule has 1 N–H and O–H groups in total. The van der Waals surface area contributed by atoms with Gasteiger partial charge in [-0.3, -0.25) is 4.79 Å². The van der Waals surface area contributed by atoms with E-state index in [0.29, 0.717) is 29.0 Å². The minimum atomic E-state index is -0.547. The molecule has 6 nitrogen and oxygen atoms in total. The second kappa shape index (κ2) is 12.4. The number of halogens is 1. The zero-order valence-corrected chi connectivity index (χ0v) is 22.8. The molecule has 3 aromatic carbocycles. The molecular formula is C29H27IN2O4. The molecule has 184 valence electrons. The van der Waals surface area contributed by atoms with E-state index in [0.717, 1.165) is 9.13 Å². The van der Waals surface area contributed by atoms with Gasteiger partial charge in [0.1, 0.15) is 17.4 Å². The highest BCUT2D eigenvalue weighted by Gasteiger charge is 2.14. The number of ether oxygens (including phenoxy) is 2. The van der Waals surface area contributed by atoms with Crippen molar-refractivity contribution >= 4 is 46.2 Å². The van der Waals surface area contributed by atoms with E-state index in [2.05, 4.69) is 60.0 Å². The number of carbonyl (C=O) groups is 2. The fourth-order valence-corrected chi connectivity index (χ4v) is 4.68. The van der Waals surface area contributed by atoms with E-state index >= 15 is 0 Å². The van der Waals surface area contributed by atoms with Gasteiger partial charge in [-0.2, -0.15) is 5.26 Å². The highest BCUT2D eigenvalue weighted by atomic mass is 127. The Bertz CT molecular complexity index is 1330. The molecule has 0 aliphatic carbocycles. The first kappa shape index (κ1) is 27.0. The van der Waals surface area contributed by atoms with Gasteiger partial charge >= 0.3 is 5.97 Å². The first-order valence-corrected chi connectivity index (χ1v) is 12.5. The standard InChI is InChI=1S/C29H27IN2O4/c1-5-36-29(34)22-6-8-24(9-7-22)32-28(33)23(17-31)13-21-15-26(30)25(27(16-21)35-4)14-20-11-18(2)10-19(3)12-20/h6-13,15-16H,5,14H2,1-4H3,(H,32,33)/b23-13+. The lowest BCUT2D eigenvalue weighted by Gasteiger charge is -2.14. The molecule has 0 atom stereocenters. The van der Waals surface area contributed by atoms with Crippen LogP contribution >= 0.6 is 22.6 Å². The molecule has 0 radical (unpaired) electrons. The fourth-order valence-electron chi connectivity index (χ4n) is 3.86. The molecule has 0 saturated heterocycles. The molecule has 1 amide bonds. The van der Waals surface area contributed by atoms with Gasteiger partial charge in [-0.15, -0.1) is 0 Å². The molecule has 3 aromatic rings. The largest absolute Gasteiger partial charge is 0.496 e. The first-order chi connectivity index (χ1) is 17.2. The number of nitrogens with zero attached hydrogens (tertiary/aromatic N) is 1. The van der Waals surface area contributed by atoms with Crippen LogP contribution in [0.25, 0.3) is 6.08 Å². The molecule has 0 fully saturated rings. The fraction of sp³-hybridized carbons (Fsp3) is 0.207. The number of anilines is 1. The highest BCUT2D eigenvalue weighted by Crippen LogP contribution is 2.30. The predicted molar refractivity (Wildman–Crippen MR) is 149 cm³/mol. The smallest absolute Gasteiger partial charge is 0.338 e. The molecule has 3 rings (SSSR count). The number of methoxy groups -OCH3 is 1. The minimum Gasteiger partial charge on any atom is -0.496 e. The predicted octanol–water partition coefficient (Wildman–Crippen LogP) is 6.23. The van der Waals surface area contributed by atoms with E-state index in [1.165, 1.54) is 22.8 Å². The Morgan fingerprint density at radius 1 is 1.06 bits per heavy atom. The lowest BCUT2D eigenvalue weighted by atomic mass is 9.98. The Balaban J connectivity index is 1.82. The van der Waals surface area contributed by atoms with Crippen molar-refractivity contribution in [2.45, 2.75) is 27.2 Å². The Morgan fingerprint density at radius 2 is 1.72 bits per heavy atom. The zero-order chi connectivity index (χ0) is 26.2. The van der Waals surface area contributed by atoms with Gasteiger partial charge in [-0.25, -0.2) is 4.79 Å². The van der Waals surface area contributed by atoms with Crippen molar-refractivity contribution in [1.82, 2.24) is 0 Å². The minimum absolute atomic E-state index is 0.0515. The molecule has 0 aliphatic rings. The molecule has 0 unspecified atom stereocenters. The lowest BCUT2D eigenvalue weighted by molar-refractivity contribution is -0.112. The van der Waals surface area contributed by atoms with Crippen LogP contribution in [0.5, 0.6) is 5.75 Å². The van der Waals surface area contributed by atoms with Gasteiger partial charge in [0.25, 0.3) is 5.91 Å². The monoisotopic (exact) mass is 594 g/mol. The van der Waals surface area contributed by atoms with Gasteiger partial charge in [0.2, 0.25) is 0 Å². The van der Waals surface area contributed by atoms with Crippen molar-refractivity contribution in [3.63, 3.8) is 0 Å². The molecule has 0 spiro atoms. The van der Waals surface area contributed by atoms with Crippen LogP contribution in [0.1, 0.15) is 45.1 Å². The van der Waals surface area contributed by atoms with Crippen molar-refractivity contribution in [2.24, 2.45) is 0 Å². The van der Waals surface area contributed by atoms with Crippen LogP contribution in [0, 0.1) is 28.7 Å². The average Bonchev–Trinajstić information content (AvgIpc) is 2.83. The first-order valence-electron chi connectivity index (χ1n) is 11.4. The summed E-state index contributed by atoms with van der Waals surface area (Å²) in [7, 11) is 1.61. The molecule has 0 bridgehead atoms. The zero-order valence-electron chi connectivity index (χ0n) is 20.6. The molecule has 0 aliphatic heterocycles. The Kier molecular flexibility index (Phi) is 9.25. The maximum atomic E-state index is 12.8. The third kappa shape index (κ3) is 6.95. The number of nitrogens with one attached hydrogen (secondary N) is 1. The number of carbonyl (C=O) groups excluding carboxylic acids is 2. The second-order valence-corrected chi connectivity index (χ2v) is 9.44. The van der Waals surface area contributed by atoms with E-state index in [4.69, 9.17) is 9.47 Å². The third-order valence-electron chi connectivity index (χ3n) is 5.39. The summed E-state index contributed by atoms with van der Waals surface area (Å²) in [5.41, 5.74) is 6.13. The van der Waals surface area contributed by atoms with Crippen LogP contribution in [-0.2, 0) is 16.0 Å². The van der Waals surface area contributed by atoms with Crippen LogP contribution in [0.3, 0.4) is 0 Å². The Labute approximate surface area is 225 Å². The van der Waals surface area contributed by atoms with Crippen LogP contribution < -0.4 is 10.1 Å². The molecule has 36 heavy (non-hydrogen) atoms. The molecule has 0 saturated carbocycles. The summed E-state index contributed by atoms with van der Waals surface area (Å²) in [5, 5.41) is 12.3. The number of hydrogen-bond acceptors (Lipinski definition) is 5. The highest BCUT2D eigenvalue weighted by molar-refractivity contribution is 14.1. The summed E-state index contributed by atoms with van der Waals surface area (Å²) >= 11 is 2.26. The van der Waals surface area contributed by atoms with Crippen LogP contribution in [0.2, 0.25) is 0 Å². The van der Waals surface area contributed by atoms with E-state index in [9.17, 15) is 14.9 Å². The van der Waals surface area contributed by atoms with Gasteiger partial charge in [0.15, 0.2) is 0 Å². The average molecular weight is 594 g/mol. The summed E-state index contributed by atoms with van der Waals surface area (Å²) < 4.78 is 11.6. The van der Waals surface area contributed by atoms with Gasteiger partial charge in [-0.05, 0) is 97.0 Å². The summed E-state index contributed by atoms with van der Waals surface area (Å²) in [6.07, 6.45) is 2.24. The van der Waals surface area contributed by atoms with E-state index < -0.39 is 11.9 Å². The SMILES string of the molecule is CCOC(=O)c1ccc(NC(=O)/C(C#N)=C/c2cc(I)c(Cc3cc(C)cc(C)c3)c(OC)c2)cc1. The maximum Gasteiger partial charge on any atom is 0.338 e. The van der Waals surface area contributed by atoms with E-state index in [1.807, 2.05) is 18.2 Å². The van der Waals surface area contributed by atoms with Crippen LogP contribution in [0.15, 0.2) is 60.2 Å². The van der Waals surface area contributed by atoms with Crippen molar-refractivity contribution in [2.75, 3.05) is 19.0 Å². The second-order valence-electron chi connectivity index (χ2n) is 8.28. The summed E-state index contributed by atoms with van der Waals surface area (Å²) in [6.45, 7) is 6.17. The Morgan fingerprint density at radius 3 is 2.31 bits per heavy atom. The normalized spacial score (nSPS) is 10.9. The summed E-state index contributed by atoms with van der Waals surface area (Å²) in [6, 6.07) is 18.5. The number of amides is 1. The van der Waals surface area contributed by atoms with Crippen LogP contribution in [-0.4, -0.2) is 25.6 Å². The number of benzene rings is 3. The van der Waals surface area contributed by atoms with Gasteiger partial charge in [-0.1, -0.05) is 29.3 Å². The van der Waals surface area contributed by atoms with Gasteiger partial charge in [0.05, 0.1) is 19.3 Å². The van der Waals surface area contributed by atoms with E-state index in [1.54, 1.807) is 38.3 Å². The number of nitriles is 1. The third-order valence-corrected chi connectivity index (χ3v) is 6.35.